The molecule has 2 fully saturated rings. The first-order valence-corrected chi connectivity index (χ1v) is 7.65. The number of piperidine rings is 1. The van der Waals surface area contributed by atoms with Crippen LogP contribution in [-0.2, 0) is 11.3 Å². The molecule has 0 bridgehead atoms. The minimum Gasteiger partial charge on any atom is -0.378 e. The third-order valence-corrected chi connectivity index (χ3v) is 4.51. The fourth-order valence-electron chi connectivity index (χ4n) is 3.58. The number of hydrogen-bond donors (Lipinski definition) is 1. The maximum Gasteiger partial charge on any atom is 0.323 e. The molecule has 1 aromatic heterocycles. The molecule has 0 aromatic carbocycles. The fraction of sp³-hybridized carbons (Fsp3) is 0.667. The van der Waals surface area contributed by atoms with Crippen molar-refractivity contribution in [2.45, 2.75) is 44.8 Å². The predicted molar refractivity (Wildman–Crippen MR) is 78.8 cm³/mol. The van der Waals surface area contributed by atoms with E-state index in [1.807, 2.05) is 4.90 Å². The zero-order valence-electron chi connectivity index (χ0n) is 12.4. The van der Waals surface area contributed by atoms with Gasteiger partial charge in [-0.1, -0.05) is 6.42 Å². The summed E-state index contributed by atoms with van der Waals surface area (Å²) in [6, 6.07) is 2.14. The van der Waals surface area contributed by atoms with Crippen molar-refractivity contribution >= 4 is 11.8 Å². The van der Waals surface area contributed by atoms with Gasteiger partial charge in [-0.15, -0.1) is 0 Å². The van der Waals surface area contributed by atoms with Gasteiger partial charge in [-0.3, -0.25) is 5.32 Å². The molecule has 0 unspecified atom stereocenters. The van der Waals surface area contributed by atoms with Crippen LogP contribution in [0.2, 0.25) is 0 Å². The van der Waals surface area contributed by atoms with Gasteiger partial charge in [0.05, 0.1) is 12.3 Å². The van der Waals surface area contributed by atoms with Gasteiger partial charge in [0, 0.05) is 25.8 Å². The Hall–Kier alpha value is -1.69. The summed E-state index contributed by atoms with van der Waals surface area (Å²) in [5.74, 6) is 1.24. The lowest BCUT2D eigenvalue weighted by atomic mass is 9.92. The largest absolute Gasteiger partial charge is 0.378 e. The summed E-state index contributed by atoms with van der Waals surface area (Å²) in [6.45, 7) is 1.27. The highest BCUT2D eigenvalue weighted by Crippen LogP contribution is 2.36. The van der Waals surface area contributed by atoms with Gasteiger partial charge >= 0.3 is 6.03 Å². The lowest BCUT2D eigenvalue weighted by Gasteiger charge is -2.37. The number of nitrogens with one attached hydrogen (secondary N) is 1. The molecule has 2 aliphatic rings. The molecule has 3 rings (SSSR count). The van der Waals surface area contributed by atoms with Gasteiger partial charge in [-0.2, -0.15) is 0 Å². The molecule has 0 radical (unpaired) electrons. The van der Waals surface area contributed by atoms with Gasteiger partial charge < -0.3 is 9.64 Å². The van der Waals surface area contributed by atoms with Crippen LogP contribution in [-0.4, -0.2) is 40.6 Å². The number of aromatic nitrogens is 2. The quantitative estimate of drug-likeness (QED) is 0.928. The molecule has 114 valence electrons. The number of rotatable bonds is 3. The van der Waals surface area contributed by atoms with Crippen molar-refractivity contribution in [3.8, 4) is 0 Å². The second-order valence-corrected chi connectivity index (χ2v) is 5.85. The van der Waals surface area contributed by atoms with Crippen LogP contribution < -0.4 is 5.32 Å². The molecular formula is C15H22N4O2. The van der Waals surface area contributed by atoms with E-state index < -0.39 is 0 Å². The Labute approximate surface area is 124 Å². The van der Waals surface area contributed by atoms with Gasteiger partial charge in [0.1, 0.15) is 12.1 Å². The molecule has 1 N–H and O–H groups in total. The number of nitrogens with zero attached hydrogens (tertiary/aromatic N) is 3. The average Bonchev–Trinajstić information content (AvgIpc) is 2.96. The van der Waals surface area contributed by atoms with Crippen LogP contribution in [0.25, 0.3) is 0 Å². The highest BCUT2D eigenvalue weighted by molar-refractivity contribution is 5.88. The Kier molecular flexibility index (Phi) is 4.34. The Balaban J connectivity index is 1.66. The second kappa shape index (κ2) is 6.39. The van der Waals surface area contributed by atoms with Gasteiger partial charge in [0.25, 0.3) is 0 Å². The average molecular weight is 290 g/mol. The fourth-order valence-corrected chi connectivity index (χ4v) is 3.58. The summed E-state index contributed by atoms with van der Waals surface area (Å²) in [5.41, 5.74) is 0.764. The van der Waals surface area contributed by atoms with Crippen molar-refractivity contribution in [1.82, 2.24) is 14.9 Å². The Bertz CT molecular complexity index is 508. The number of anilines is 1. The number of hydrogen-bond acceptors (Lipinski definition) is 4. The molecule has 2 atom stereocenters. The van der Waals surface area contributed by atoms with Crippen LogP contribution in [0.1, 0.15) is 37.8 Å². The Morgan fingerprint density at radius 1 is 1.38 bits per heavy atom. The van der Waals surface area contributed by atoms with E-state index in [2.05, 4.69) is 15.3 Å². The number of likely N-dealkylation sites (tertiary alicyclic amines) is 1. The topological polar surface area (TPSA) is 67.3 Å². The zero-order chi connectivity index (χ0) is 14.7. The van der Waals surface area contributed by atoms with Crippen LogP contribution in [0, 0.1) is 5.92 Å². The summed E-state index contributed by atoms with van der Waals surface area (Å²) in [4.78, 5) is 22.7. The summed E-state index contributed by atoms with van der Waals surface area (Å²) < 4.78 is 5.05. The number of urea groups is 1. The molecule has 2 amide bonds. The van der Waals surface area contributed by atoms with Crippen molar-refractivity contribution in [2.24, 2.45) is 5.92 Å². The highest BCUT2D eigenvalue weighted by Gasteiger charge is 2.37. The zero-order valence-corrected chi connectivity index (χ0v) is 12.4. The third-order valence-electron chi connectivity index (χ3n) is 4.51. The van der Waals surface area contributed by atoms with E-state index in [0.717, 1.165) is 25.1 Å². The van der Waals surface area contributed by atoms with E-state index in [1.165, 1.54) is 25.6 Å². The maximum atomic E-state index is 12.5. The lowest BCUT2D eigenvalue weighted by Crippen LogP contribution is -2.48. The van der Waals surface area contributed by atoms with E-state index in [-0.39, 0.29) is 6.03 Å². The molecule has 1 saturated carbocycles. The van der Waals surface area contributed by atoms with Crippen LogP contribution >= 0.6 is 0 Å². The normalized spacial score (nSPS) is 24.7. The number of ether oxygens (including phenoxy) is 1. The Morgan fingerprint density at radius 2 is 2.24 bits per heavy atom. The molecule has 1 aliphatic heterocycles. The van der Waals surface area contributed by atoms with E-state index in [0.29, 0.717) is 24.4 Å². The van der Waals surface area contributed by atoms with Crippen LogP contribution in [0.5, 0.6) is 0 Å². The molecule has 21 heavy (non-hydrogen) atoms. The SMILES string of the molecule is COCc1cc(NC(=O)N2CCC[C@@H]3CCC[C@H]32)ncn1. The van der Waals surface area contributed by atoms with Crippen molar-refractivity contribution < 1.29 is 9.53 Å². The van der Waals surface area contributed by atoms with Crippen LogP contribution in [0.15, 0.2) is 12.4 Å². The summed E-state index contributed by atoms with van der Waals surface area (Å²) in [7, 11) is 1.62. The number of methoxy groups -OCH3 is 1. The molecule has 6 nitrogen and oxygen atoms in total. The number of carbonyl (C=O) groups is 1. The van der Waals surface area contributed by atoms with Gasteiger partial charge in [0.15, 0.2) is 0 Å². The standard InChI is InChI=1S/C15H22N4O2/c1-21-9-12-8-14(17-10-16-12)18-15(20)19-7-3-5-11-4-2-6-13(11)19/h8,10-11,13H,2-7,9H2,1H3,(H,16,17,18,20)/t11-,13+/m0/s1. The molecule has 1 saturated heterocycles. The molecular weight excluding hydrogens is 268 g/mol. The van der Waals surface area contributed by atoms with Crippen LogP contribution in [0.4, 0.5) is 10.6 Å². The minimum atomic E-state index is -0.0336. The van der Waals surface area contributed by atoms with Gasteiger partial charge in [-0.05, 0) is 31.6 Å². The highest BCUT2D eigenvalue weighted by atomic mass is 16.5. The third kappa shape index (κ3) is 3.15. The Morgan fingerprint density at radius 3 is 3.10 bits per heavy atom. The first-order valence-electron chi connectivity index (χ1n) is 7.65. The minimum absolute atomic E-state index is 0.0336. The summed E-state index contributed by atoms with van der Waals surface area (Å²) in [5, 5.41) is 2.90. The summed E-state index contributed by atoms with van der Waals surface area (Å²) >= 11 is 0. The van der Waals surface area contributed by atoms with Gasteiger partial charge in [-0.25, -0.2) is 14.8 Å². The molecule has 2 heterocycles. The first-order chi connectivity index (χ1) is 10.3. The van der Waals surface area contributed by atoms with E-state index in [1.54, 1.807) is 13.2 Å². The number of carbonyl (C=O) groups excluding carboxylic acids is 1. The van der Waals surface area contributed by atoms with Crippen LogP contribution in [0.3, 0.4) is 0 Å². The summed E-state index contributed by atoms with van der Waals surface area (Å²) in [6.07, 6.45) is 7.47. The maximum absolute atomic E-state index is 12.5. The van der Waals surface area contributed by atoms with Crippen molar-refractivity contribution in [1.29, 1.82) is 0 Å². The number of fused-ring (bicyclic) bond motifs is 1. The molecule has 0 spiro atoms. The van der Waals surface area contributed by atoms with Gasteiger partial charge in [0.2, 0.25) is 0 Å². The van der Waals surface area contributed by atoms with E-state index in [9.17, 15) is 4.79 Å². The second-order valence-electron chi connectivity index (χ2n) is 5.85. The smallest absolute Gasteiger partial charge is 0.323 e. The number of amides is 2. The monoisotopic (exact) mass is 290 g/mol. The van der Waals surface area contributed by atoms with Crippen molar-refractivity contribution in [3.63, 3.8) is 0 Å². The molecule has 1 aliphatic carbocycles. The predicted octanol–water partition coefficient (Wildman–Crippen LogP) is 2.42. The van der Waals surface area contributed by atoms with Crippen molar-refractivity contribution in [3.05, 3.63) is 18.1 Å². The van der Waals surface area contributed by atoms with E-state index >= 15 is 0 Å². The first kappa shape index (κ1) is 14.3. The van der Waals surface area contributed by atoms with Crippen molar-refractivity contribution in [2.75, 3.05) is 19.0 Å². The van der Waals surface area contributed by atoms with E-state index in [4.69, 9.17) is 4.74 Å². The lowest BCUT2D eigenvalue weighted by molar-refractivity contribution is 0.138. The molecule has 6 heteroatoms. The molecule has 1 aromatic rings.